The Morgan fingerprint density at radius 1 is 1.25 bits per heavy atom. The average Bonchev–Trinajstić information content (AvgIpc) is 3.20. The lowest BCUT2D eigenvalue weighted by Crippen LogP contribution is -2.39. The molecule has 0 bridgehead atoms. The number of rotatable bonds is 9. The summed E-state index contributed by atoms with van der Waals surface area (Å²) in [6, 6.07) is 6.62. The molecule has 0 spiro atoms. The fraction of sp³-hybridized carbons (Fsp3) is 0.300. The van der Waals surface area contributed by atoms with Gasteiger partial charge < -0.3 is 9.47 Å². The molecule has 1 unspecified atom stereocenters. The maximum atomic E-state index is 13.1. The number of benzene rings is 1. The van der Waals surface area contributed by atoms with Gasteiger partial charge in [-0.05, 0) is 45.0 Å². The highest BCUT2D eigenvalue weighted by atomic mass is 35.5. The monoisotopic (exact) mass is 403 g/mol. The highest BCUT2D eigenvalue weighted by molar-refractivity contribution is 6.30. The van der Waals surface area contributed by atoms with Crippen LogP contribution in [0.15, 0.2) is 61.2 Å². The molecule has 2 rings (SSSR count). The van der Waals surface area contributed by atoms with E-state index in [1.807, 2.05) is 6.92 Å². The third kappa shape index (κ3) is 6.06. The molecule has 2 aromatic rings. The van der Waals surface area contributed by atoms with E-state index in [0.29, 0.717) is 10.8 Å². The minimum Gasteiger partial charge on any atom is -0.461 e. The number of halogens is 1. The third-order valence-corrected chi connectivity index (χ3v) is 3.99. The molecule has 148 valence electrons. The predicted molar refractivity (Wildman–Crippen MR) is 105 cm³/mol. The van der Waals surface area contributed by atoms with E-state index >= 15 is 0 Å². The summed E-state index contributed by atoms with van der Waals surface area (Å²) in [4.78, 5) is 28.8. The number of hydrogen-bond donors (Lipinski definition) is 0. The average molecular weight is 404 g/mol. The van der Waals surface area contributed by atoms with E-state index < -0.39 is 17.6 Å². The minimum absolute atomic E-state index is 0.111. The van der Waals surface area contributed by atoms with Gasteiger partial charge >= 0.3 is 5.97 Å². The number of esters is 1. The van der Waals surface area contributed by atoms with Gasteiger partial charge in [-0.15, -0.1) is 0 Å². The lowest BCUT2D eigenvalue weighted by atomic mass is 9.88. The van der Waals surface area contributed by atoms with Crippen molar-refractivity contribution in [3.8, 4) is 5.75 Å². The molecular formula is C20H22ClN3O4. The summed E-state index contributed by atoms with van der Waals surface area (Å²) in [6.45, 7) is 5.07. The number of carbonyl (C=O) groups excluding carboxylic acids is 2. The standard InChI is InChI=1S/C20H22ClN3O4/c1-4-5-6-7-17(25)27-12-20(2,3)18(26)19(24-14-22-13-23-24)28-16-10-8-15(21)9-11-16/h4-11,13-14,19H,12H2,1-3H3/b5-4+,7-6+. The largest absolute Gasteiger partial charge is 0.461 e. The third-order valence-electron chi connectivity index (χ3n) is 3.74. The smallest absolute Gasteiger partial charge is 0.330 e. The second-order valence-electron chi connectivity index (χ2n) is 6.54. The van der Waals surface area contributed by atoms with Crippen LogP contribution in [0.1, 0.15) is 27.0 Å². The molecule has 0 fully saturated rings. The van der Waals surface area contributed by atoms with Crippen molar-refractivity contribution in [3.63, 3.8) is 0 Å². The first-order chi connectivity index (χ1) is 13.3. The zero-order chi connectivity index (χ0) is 20.6. The van der Waals surface area contributed by atoms with Crippen molar-refractivity contribution in [2.75, 3.05) is 6.61 Å². The highest BCUT2D eigenvalue weighted by Crippen LogP contribution is 2.28. The quantitative estimate of drug-likeness (QED) is 0.360. The minimum atomic E-state index is -1.07. The van der Waals surface area contributed by atoms with Crippen LogP contribution in [0.4, 0.5) is 0 Å². The second-order valence-corrected chi connectivity index (χ2v) is 6.98. The molecule has 0 saturated heterocycles. The predicted octanol–water partition coefficient (Wildman–Crippen LogP) is 3.78. The number of hydrogen-bond acceptors (Lipinski definition) is 6. The normalized spacial score (nSPS) is 13.0. The zero-order valence-corrected chi connectivity index (χ0v) is 16.7. The summed E-state index contributed by atoms with van der Waals surface area (Å²) in [5.41, 5.74) is -1.02. The van der Waals surface area contributed by atoms with Crippen LogP contribution in [-0.4, -0.2) is 33.1 Å². The van der Waals surface area contributed by atoms with Crippen LogP contribution in [0, 0.1) is 5.41 Å². The molecule has 0 aliphatic rings. The molecule has 0 radical (unpaired) electrons. The van der Waals surface area contributed by atoms with Crippen LogP contribution in [-0.2, 0) is 14.3 Å². The Labute approximate surface area is 168 Å². The molecule has 28 heavy (non-hydrogen) atoms. The molecule has 1 aromatic carbocycles. The number of ketones is 1. The molecule has 8 heteroatoms. The van der Waals surface area contributed by atoms with Gasteiger partial charge in [-0.1, -0.05) is 29.8 Å². The lowest BCUT2D eigenvalue weighted by molar-refractivity contribution is -0.149. The molecule has 1 atom stereocenters. The number of allylic oxidation sites excluding steroid dienone is 3. The first-order valence-corrected chi connectivity index (χ1v) is 8.98. The van der Waals surface area contributed by atoms with Gasteiger partial charge in [-0.2, -0.15) is 5.10 Å². The van der Waals surface area contributed by atoms with E-state index in [2.05, 4.69) is 10.1 Å². The molecule has 0 saturated carbocycles. The van der Waals surface area contributed by atoms with Crippen molar-refractivity contribution in [2.24, 2.45) is 5.41 Å². The van der Waals surface area contributed by atoms with Crippen molar-refractivity contribution in [1.82, 2.24) is 14.8 Å². The number of aromatic nitrogens is 3. The fourth-order valence-electron chi connectivity index (χ4n) is 2.16. The molecule has 0 amide bonds. The van der Waals surface area contributed by atoms with Crippen molar-refractivity contribution in [3.05, 3.63) is 66.2 Å². The highest BCUT2D eigenvalue weighted by Gasteiger charge is 2.38. The summed E-state index contributed by atoms with van der Waals surface area (Å²) in [5.74, 6) is -0.409. The Kier molecular flexibility index (Phi) is 7.52. The molecular weight excluding hydrogens is 382 g/mol. The van der Waals surface area contributed by atoms with Gasteiger partial charge in [-0.3, -0.25) is 4.79 Å². The second kappa shape index (κ2) is 9.85. The molecule has 1 aromatic heterocycles. The van der Waals surface area contributed by atoms with E-state index in [4.69, 9.17) is 21.1 Å². The Morgan fingerprint density at radius 3 is 2.57 bits per heavy atom. The summed E-state index contributed by atoms with van der Waals surface area (Å²) >= 11 is 5.89. The number of nitrogens with zero attached hydrogens (tertiary/aromatic N) is 3. The lowest BCUT2D eigenvalue weighted by Gasteiger charge is -2.27. The maximum Gasteiger partial charge on any atom is 0.330 e. The van der Waals surface area contributed by atoms with Crippen LogP contribution >= 0.6 is 11.6 Å². The van der Waals surface area contributed by atoms with Gasteiger partial charge in [0.15, 0.2) is 0 Å². The number of Topliss-reactive ketones (excluding diaryl/α,β-unsaturated/α-hetero) is 1. The van der Waals surface area contributed by atoms with Crippen LogP contribution < -0.4 is 4.74 Å². The van der Waals surface area contributed by atoms with E-state index in [-0.39, 0.29) is 12.4 Å². The van der Waals surface area contributed by atoms with Crippen molar-refractivity contribution in [2.45, 2.75) is 27.0 Å². The van der Waals surface area contributed by atoms with Crippen LogP contribution in [0.3, 0.4) is 0 Å². The summed E-state index contributed by atoms with van der Waals surface area (Å²) in [7, 11) is 0. The topological polar surface area (TPSA) is 83.3 Å². The Morgan fingerprint density at radius 2 is 1.96 bits per heavy atom. The molecule has 7 nitrogen and oxygen atoms in total. The molecule has 0 aliphatic heterocycles. The Balaban J connectivity index is 2.14. The van der Waals surface area contributed by atoms with Gasteiger partial charge in [0.2, 0.25) is 5.78 Å². The van der Waals surface area contributed by atoms with Crippen molar-refractivity contribution >= 4 is 23.4 Å². The first kappa shape index (κ1) is 21.4. The van der Waals surface area contributed by atoms with Gasteiger partial charge in [0, 0.05) is 11.1 Å². The Bertz CT molecular complexity index is 843. The number of ether oxygens (including phenoxy) is 2. The van der Waals surface area contributed by atoms with E-state index in [0.717, 1.165) is 0 Å². The SMILES string of the molecule is C/C=C/C=C/C(=O)OCC(C)(C)C(=O)C(Oc1ccc(Cl)cc1)n1cncn1. The van der Waals surface area contributed by atoms with Crippen LogP contribution in [0.5, 0.6) is 5.75 Å². The summed E-state index contributed by atoms with van der Waals surface area (Å²) < 4.78 is 12.4. The van der Waals surface area contributed by atoms with Crippen molar-refractivity contribution in [1.29, 1.82) is 0 Å². The Hall–Kier alpha value is -2.93. The van der Waals surface area contributed by atoms with Crippen LogP contribution in [0.25, 0.3) is 0 Å². The summed E-state index contributed by atoms with van der Waals surface area (Å²) in [5, 5.41) is 4.57. The van der Waals surface area contributed by atoms with E-state index in [1.165, 1.54) is 23.4 Å². The number of carbonyl (C=O) groups is 2. The maximum absolute atomic E-state index is 13.1. The van der Waals surface area contributed by atoms with E-state index in [9.17, 15) is 9.59 Å². The zero-order valence-electron chi connectivity index (χ0n) is 15.9. The van der Waals surface area contributed by atoms with Crippen molar-refractivity contribution < 1.29 is 19.1 Å². The van der Waals surface area contributed by atoms with Gasteiger partial charge in [0.25, 0.3) is 6.23 Å². The van der Waals surface area contributed by atoms with Gasteiger partial charge in [0.1, 0.15) is 25.0 Å². The van der Waals surface area contributed by atoms with Gasteiger partial charge in [-0.25, -0.2) is 14.5 Å². The van der Waals surface area contributed by atoms with E-state index in [1.54, 1.807) is 56.3 Å². The fourth-order valence-corrected chi connectivity index (χ4v) is 2.28. The summed E-state index contributed by atoms with van der Waals surface area (Å²) in [6.07, 6.45) is 7.98. The van der Waals surface area contributed by atoms with Crippen LogP contribution in [0.2, 0.25) is 5.02 Å². The molecule has 0 aliphatic carbocycles. The molecule has 0 N–H and O–H groups in total. The van der Waals surface area contributed by atoms with Gasteiger partial charge in [0.05, 0.1) is 5.41 Å². The molecule has 1 heterocycles. The first-order valence-electron chi connectivity index (χ1n) is 8.60.